The summed E-state index contributed by atoms with van der Waals surface area (Å²) in [4.78, 5) is 44.5. The molecule has 0 amide bonds. The standard InChI is InChI=1S/C10H15N4O11P3/c15-9(27(18,19)20,13-3-1-11-7-13)5-24-26(17)25-6-10(16,28(21,22)23)14-4-2-12-8-14/h1-4,7-8,15-16H,5-6H2,(H3-,18,19,20,21,22,23)/p+1. The molecule has 2 aromatic heterocycles. The van der Waals surface area contributed by atoms with Crippen molar-refractivity contribution < 1.29 is 52.5 Å². The summed E-state index contributed by atoms with van der Waals surface area (Å²) in [6.07, 6.45) is 6.01. The molecule has 2 atom stereocenters. The van der Waals surface area contributed by atoms with Gasteiger partial charge in [-0.05, 0) is 0 Å². The van der Waals surface area contributed by atoms with Crippen molar-refractivity contribution in [3.05, 3.63) is 37.4 Å². The fourth-order valence-corrected chi connectivity index (χ4v) is 4.03. The van der Waals surface area contributed by atoms with E-state index in [4.69, 9.17) is 0 Å². The van der Waals surface area contributed by atoms with Crippen LogP contribution in [0.15, 0.2) is 37.4 Å². The van der Waals surface area contributed by atoms with Gasteiger partial charge in [-0.15, -0.1) is 9.05 Å². The third-order valence-electron chi connectivity index (χ3n) is 3.50. The number of aromatic nitrogens is 4. The van der Waals surface area contributed by atoms with Gasteiger partial charge >= 0.3 is 23.4 Å². The molecule has 0 aliphatic rings. The summed E-state index contributed by atoms with van der Waals surface area (Å²) in [5, 5.41) is 20.5. The van der Waals surface area contributed by atoms with Crippen LogP contribution in [0.2, 0.25) is 0 Å². The minimum atomic E-state index is -5.27. The van der Waals surface area contributed by atoms with Gasteiger partial charge in [0.25, 0.3) is 10.9 Å². The molecular weight excluding hydrogens is 445 g/mol. The highest BCUT2D eigenvalue weighted by atomic mass is 31.2. The average molecular weight is 461 g/mol. The van der Waals surface area contributed by atoms with Crippen LogP contribution in [0.1, 0.15) is 0 Å². The van der Waals surface area contributed by atoms with Crippen molar-refractivity contribution in [2.45, 2.75) is 10.9 Å². The summed E-state index contributed by atoms with van der Waals surface area (Å²) >= 11 is 0. The Morgan fingerprint density at radius 2 is 1.21 bits per heavy atom. The van der Waals surface area contributed by atoms with Crippen molar-refractivity contribution in [3.63, 3.8) is 0 Å². The van der Waals surface area contributed by atoms with Gasteiger partial charge in [0.15, 0.2) is 13.2 Å². The molecule has 0 radical (unpaired) electrons. The molecule has 0 fully saturated rings. The summed E-state index contributed by atoms with van der Waals surface area (Å²) < 4.78 is 45.5. The maximum absolute atomic E-state index is 11.9. The summed E-state index contributed by atoms with van der Waals surface area (Å²) in [5.74, 6) is 0. The molecule has 28 heavy (non-hydrogen) atoms. The summed E-state index contributed by atoms with van der Waals surface area (Å²) in [7, 11) is -13.8. The normalized spacial score (nSPS) is 17.7. The van der Waals surface area contributed by atoms with E-state index in [1.54, 1.807) is 0 Å². The van der Waals surface area contributed by atoms with Gasteiger partial charge in [0, 0.05) is 29.4 Å². The monoisotopic (exact) mass is 461 g/mol. The zero-order chi connectivity index (χ0) is 21.2. The van der Waals surface area contributed by atoms with Crippen LogP contribution in [-0.2, 0) is 33.7 Å². The SMILES string of the molecule is O=[P+](OCC(O)(n1ccnc1)P(=O)(O)O)OCC(O)(n1ccnc1)P(=O)(O)O. The molecule has 6 N–H and O–H groups in total. The van der Waals surface area contributed by atoms with E-state index < -0.39 is 47.6 Å². The van der Waals surface area contributed by atoms with Gasteiger partial charge in [-0.25, -0.2) is 9.97 Å². The third-order valence-corrected chi connectivity index (χ3v) is 6.76. The number of rotatable bonds is 10. The maximum Gasteiger partial charge on any atom is 0.697 e. The van der Waals surface area contributed by atoms with Gasteiger partial charge in [0.2, 0.25) is 0 Å². The predicted molar refractivity (Wildman–Crippen MR) is 88.4 cm³/mol. The van der Waals surface area contributed by atoms with Gasteiger partial charge in [0.05, 0.1) is 12.7 Å². The molecule has 0 aliphatic heterocycles. The molecular formula is C10H16N4O11P3+. The second-order valence-electron chi connectivity index (χ2n) is 5.35. The molecule has 0 aromatic carbocycles. The van der Waals surface area contributed by atoms with Gasteiger partial charge in [0.1, 0.15) is 0 Å². The van der Waals surface area contributed by atoms with Crippen molar-refractivity contribution in [1.29, 1.82) is 0 Å². The van der Waals surface area contributed by atoms with Crippen molar-refractivity contribution in [3.8, 4) is 0 Å². The summed E-state index contributed by atoms with van der Waals surface area (Å²) in [5.41, 5.74) is -5.94. The average Bonchev–Trinajstić information content (AvgIpc) is 3.28. The first-order valence-corrected chi connectivity index (χ1v) is 11.4. The smallest absolute Gasteiger partial charge is 0.359 e. The number of nitrogens with zero attached hydrogens (tertiary/aromatic N) is 4. The second-order valence-corrected chi connectivity index (χ2v) is 9.92. The van der Waals surface area contributed by atoms with Crippen LogP contribution in [0.4, 0.5) is 0 Å². The van der Waals surface area contributed by atoms with Crippen molar-refractivity contribution in [1.82, 2.24) is 19.1 Å². The van der Waals surface area contributed by atoms with E-state index in [9.17, 15) is 43.5 Å². The van der Waals surface area contributed by atoms with Gasteiger partial charge in [-0.2, -0.15) is 0 Å². The molecule has 2 heterocycles. The van der Waals surface area contributed by atoms with Crippen LogP contribution < -0.4 is 0 Å². The van der Waals surface area contributed by atoms with Gasteiger partial charge < -0.3 is 29.8 Å². The first-order chi connectivity index (χ1) is 12.8. The quantitative estimate of drug-likeness (QED) is 0.234. The van der Waals surface area contributed by atoms with Crippen LogP contribution in [0.3, 0.4) is 0 Å². The molecule has 2 unspecified atom stereocenters. The highest BCUT2D eigenvalue weighted by molar-refractivity contribution is 7.52. The summed E-state index contributed by atoms with van der Waals surface area (Å²) in [6.45, 7) is -2.47. The van der Waals surface area contributed by atoms with Crippen LogP contribution in [0.5, 0.6) is 0 Å². The number of hydrogen-bond donors (Lipinski definition) is 6. The van der Waals surface area contributed by atoms with Crippen molar-refractivity contribution >= 4 is 23.4 Å². The molecule has 0 aliphatic carbocycles. The first-order valence-electron chi connectivity index (χ1n) is 7.07. The van der Waals surface area contributed by atoms with Crippen LogP contribution in [0, 0.1) is 0 Å². The van der Waals surface area contributed by atoms with E-state index in [-0.39, 0.29) is 0 Å². The number of imidazole rings is 2. The Morgan fingerprint density at radius 1 is 0.857 bits per heavy atom. The molecule has 15 nitrogen and oxygen atoms in total. The van der Waals surface area contributed by atoms with Crippen LogP contribution in [-0.4, -0.2) is 62.1 Å². The van der Waals surface area contributed by atoms with E-state index in [0.29, 0.717) is 9.13 Å². The van der Waals surface area contributed by atoms with Crippen LogP contribution in [0.25, 0.3) is 0 Å². The van der Waals surface area contributed by atoms with E-state index in [0.717, 1.165) is 37.4 Å². The van der Waals surface area contributed by atoms with Gasteiger partial charge in [-0.3, -0.25) is 18.3 Å². The van der Waals surface area contributed by atoms with Crippen LogP contribution >= 0.6 is 23.4 Å². The Balaban J connectivity index is 2.09. The van der Waals surface area contributed by atoms with E-state index in [1.807, 2.05) is 0 Å². The summed E-state index contributed by atoms with van der Waals surface area (Å²) in [6, 6.07) is 0. The molecule has 2 aromatic rings. The predicted octanol–water partition coefficient (Wildman–Crippen LogP) is -0.969. The first kappa shape index (κ1) is 22.9. The topological polar surface area (TPSA) is 227 Å². The molecule has 0 spiro atoms. The zero-order valence-electron chi connectivity index (χ0n) is 13.7. The lowest BCUT2D eigenvalue weighted by atomic mass is 10.6. The molecule has 0 saturated heterocycles. The van der Waals surface area contributed by atoms with Gasteiger partial charge in [-0.1, -0.05) is 0 Å². The minimum absolute atomic E-state index is 0.619. The Kier molecular flexibility index (Phi) is 6.71. The molecule has 0 saturated carbocycles. The fraction of sp³-hybridized carbons (Fsp3) is 0.400. The van der Waals surface area contributed by atoms with Crippen molar-refractivity contribution in [2.75, 3.05) is 13.2 Å². The Morgan fingerprint density at radius 3 is 1.46 bits per heavy atom. The Bertz CT molecular complexity index is 822. The second kappa shape index (κ2) is 8.19. The lowest BCUT2D eigenvalue weighted by molar-refractivity contribution is -0.0359. The zero-order valence-corrected chi connectivity index (χ0v) is 16.4. The van der Waals surface area contributed by atoms with Crippen molar-refractivity contribution in [2.24, 2.45) is 0 Å². The van der Waals surface area contributed by atoms with E-state index >= 15 is 0 Å². The van der Waals surface area contributed by atoms with E-state index in [1.165, 1.54) is 0 Å². The lowest BCUT2D eigenvalue weighted by Crippen LogP contribution is -2.38. The molecule has 2 rings (SSSR count). The molecule has 156 valence electrons. The Hall–Kier alpha value is -1.34. The van der Waals surface area contributed by atoms with E-state index in [2.05, 4.69) is 19.0 Å². The third kappa shape index (κ3) is 4.62. The minimum Gasteiger partial charge on any atom is -0.359 e. The molecule has 0 bridgehead atoms. The number of hydrogen-bond acceptors (Lipinski definition) is 9. The fourth-order valence-electron chi connectivity index (χ4n) is 1.88. The highest BCUT2D eigenvalue weighted by Crippen LogP contribution is 2.55. The number of aliphatic hydroxyl groups is 2. The highest BCUT2D eigenvalue weighted by Gasteiger charge is 2.52. The lowest BCUT2D eigenvalue weighted by Gasteiger charge is -2.28. The largest absolute Gasteiger partial charge is 0.697 e. The molecule has 18 heteroatoms. The Labute approximate surface area is 157 Å². The maximum atomic E-state index is 11.9.